The number of nitrogen functional groups attached to an aromatic ring is 1. The number of carbonyl (C=O) groups is 1. The molecule has 0 radical (unpaired) electrons. The summed E-state index contributed by atoms with van der Waals surface area (Å²) in [5.41, 5.74) is 5.56. The molecule has 0 aliphatic rings. The maximum atomic E-state index is 12.0. The molecule has 0 unspecified atom stereocenters. The first-order valence-electron chi connectivity index (χ1n) is 5.50. The minimum atomic E-state index is -0.454. The average Bonchev–Trinajstić information content (AvgIpc) is 2.49. The maximum Gasteiger partial charge on any atom is 0.256 e. The molecule has 3 N–H and O–H groups in total. The zero-order chi connectivity index (χ0) is 14.5. The van der Waals surface area contributed by atoms with Crippen LogP contribution in [0.3, 0.4) is 0 Å². The Kier molecular flexibility index (Phi) is 3.55. The van der Waals surface area contributed by atoms with Crippen LogP contribution in [-0.2, 0) is 0 Å². The summed E-state index contributed by atoms with van der Waals surface area (Å²) in [4.78, 5) is 19.5. The third-order valence-corrected chi connectivity index (χ3v) is 2.40. The molecule has 0 saturated heterocycles. The third kappa shape index (κ3) is 2.52. The lowest BCUT2D eigenvalue weighted by Crippen LogP contribution is -2.16. The Hall–Kier alpha value is -3.45. The van der Waals surface area contributed by atoms with Crippen LogP contribution < -0.4 is 11.1 Å². The van der Waals surface area contributed by atoms with Gasteiger partial charge in [-0.1, -0.05) is 18.2 Å². The highest BCUT2D eigenvalue weighted by Crippen LogP contribution is 2.15. The van der Waals surface area contributed by atoms with Gasteiger partial charge in [-0.25, -0.2) is 9.97 Å². The lowest BCUT2D eigenvalue weighted by molar-refractivity contribution is 0.102. The van der Waals surface area contributed by atoms with Gasteiger partial charge in [0.25, 0.3) is 5.91 Å². The Balaban J connectivity index is 2.37. The fourth-order valence-electron chi connectivity index (χ4n) is 1.46. The maximum absolute atomic E-state index is 12.0. The van der Waals surface area contributed by atoms with Crippen molar-refractivity contribution in [3.05, 3.63) is 47.3 Å². The summed E-state index contributed by atoms with van der Waals surface area (Å²) >= 11 is 0. The van der Waals surface area contributed by atoms with Crippen molar-refractivity contribution in [2.75, 3.05) is 11.1 Å². The van der Waals surface area contributed by atoms with E-state index in [0.717, 1.165) is 0 Å². The van der Waals surface area contributed by atoms with Gasteiger partial charge in [-0.15, -0.1) is 0 Å². The third-order valence-electron chi connectivity index (χ3n) is 2.40. The standard InChI is InChI=1S/C13H8N6O/c14-6-9-11(16)17-10(7-15)12(18-9)19-13(20)8-4-2-1-3-5-8/h1-5H,(H2,16,17)(H,18,19,20). The first-order valence-corrected chi connectivity index (χ1v) is 5.50. The van der Waals surface area contributed by atoms with Crippen LogP contribution in [0.2, 0.25) is 0 Å². The monoisotopic (exact) mass is 264 g/mol. The van der Waals surface area contributed by atoms with Crippen molar-refractivity contribution in [2.45, 2.75) is 0 Å². The lowest BCUT2D eigenvalue weighted by Gasteiger charge is -2.06. The summed E-state index contributed by atoms with van der Waals surface area (Å²) in [6.07, 6.45) is 0. The topological polar surface area (TPSA) is 128 Å². The van der Waals surface area contributed by atoms with Crippen LogP contribution in [0.1, 0.15) is 21.7 Å². The number of aromatic nitrogens is 2. The first-order chi connectivity index (χ1) is 9.65. The number of rotatable bonds is 2. The summed E-state index contributed by atoms with van der Waals surface area (Å²) < 4.78 is 0. The van der Waals surface area contributed by atoms with Crippen LogP contribution >= 0.6 is 0 Å². The summed E-state index contributed by atoms with van der Waals surface area (Å²) in [5, 5.41) is 20.2. The molecule has 0 saturated carbocycles. The Morgan fingerprint density at radius 2 is 1.75 bits per heavy atom. The van der Waals surface area contributed by atoms with Gasteiger partial charge in [0.05, 0.1) is 0 Å². The van der Waals surface area contributed by atoms with E-state index < -0.39 is 5.91 Å². The van der Waals surface area contributed by atoms with Crippen molar-refractivity contribution < 1.29 is 4.79 Å². The van der Waals surface area contributed by atoms with Gasteiger partial charge in [-0.3, -0.25) is 4.79 Å². The summed E-state index contributed by atoms with van der Waals surface area (Å²) in [5.74, 6) is -0.695. The highest BCUT2D eigenvalue weighted by Gasteiger charge is 2.14. The molecule has 0 bridgehead atoms. The van der Waals surface area contributed by atoms with Gasteiger partial charge in [-0.05, 0) is 12.1 Å². The first kappa shape index (κ1) is 13.0. The molecule has 2 rings (SSSR count). The molecule has 0 spiro atoms. The van der Waals surface area contributed by atoms with E-state index in [1.165, 1.54) is 0 Å². The minimum absolute atomic E-state index is 0.0906. The summed E-state index contributed by atoms with van der Waals surface area (Å²) in [7, 11) is 0. The normalized spacial score (nSPS) is 9.30. The van der Waals surface area contributed by atoms with Gasteiger partial charge in [0.1, 0.15) is 12.1 Å². The molecular weight excluding hydrogens is 256 g/mol. The molecule has 1 aromatic heterocycles. The zero-order valence-corrected chi connectivity index (χ0v) is 10.2. The quantitative estimate of drug-likeness (QED) is 0.834. The number of anilines is 2. The van der Waals surface area contributed by atoms with Gasteiger partial charge in [0.15, 0.2) is 23.0 Å². The number of nitrogens with zero attached hydrogens (tertiary/aromatic N) is 4. The van der Waals surface area contributed by atoms with Crippen LogP contribution in [0.15, 0.2) is 30.3 Å². The molecule has 0 aliphatic heterocycles. The summed E-state index contributed by atoms with van der Waals surface area (Å²) in [6.45, 7) is 0. The predicted octanol–water partition coefficient (Wildman–Crippen LogP) is 1.05. The molecular formula is C13H8N6O. The van der Waals surface area contributed by atoms with Crippen LogP contribution in [0.4, 0.5) is 11.6 Å². The minimum Gasteiger partial charge on any atom is -0.381 e. The van der Waals surface area contributed by atoms with Crippen molar-refractivity contribution in [3.8, 4) is 12.1 Å². The second-order valence-corrected chi connectivity index (χ2v) is 3.70. The Morgan fingerprint density at radius 1 is 1.10 bits per heavy atom. The number of hydrogen-bond acceptors (Lipinski definition) is 6. The van der Waals surface area contributed by atoms with Crippen molar-refractivity contribution in [1.29, 1.82) is 10.5 Å². The van der Waals surface area contributed by atoms with Gasteiger partial charge in [0.2, 0.25) is 0 Å². The number of hydrogen-bond donors (Lipinski definition) is 2. The largest absolute Gasteiger partial charge is 0.381 e. The van der Waals surface area contributed by atoms with Crippen LogP contribution in [0.5, 0.6) is 0 Å². The van der Waals surface area contributed by atoms with E-state index in [-0.39, 0.29) is 23.0 Å². The van der Waals surface area contributed by atoms with E-state index in [9.17, 15) is 4.79 Å². The fraction of sp³-hybridized carbons (Fsp3) is 0. The predicted molar refractivity (Wildman–Crippen MR) is 70.3 cm³/mol. The Morgan fingerprint density at radius 3 is 2.35 bits per heavy atom. The summed E-state index contributed by atoms with van der Waals surface area (Å²) in [6, 6.07) is 11.9. The molecule has 0 aliphatic carbocycles. The number of nitrogens with two attached hydrogens (primary N) is 1. The molecule has 1 aromatic carbocycles. The number of nitrogens with one attached hydrogen (secondary N) is 1. The lowest BCUT2D eigenvalue weighted by atomic mass is 10.2. The average molecular weight is 264 g/mol. The zero-order valence-electron chi connectivity index (χ0n) is 10.2. The second-order valence-electron chi connectivity index (χ2n) is 3.70. The number of nitriles is 2. The number of benzene rings is 1. The van der Waals surface area contributed by atoms with E-state index in [1.807, 2.05) is 0 Å². The van der Waals surface area contributed by atoms with Crippen molar-refractivity contribution in [3.63, 3.8) is 0 Å². The molecule has 7 heteroatoms. The Bertz CT molecular complexity index is 742. The van der Waals surface area contributed by atoms with Crippen molar-refractivity contribution >= 4 is 17.5 Å². The molecule has 7 nitrogen and oxygen atoms in total. The highest BCUT2D eigenvalue weighted by atomic mass is 16.1. The molecule has 1 amide bonds. The molecule has 0 atom stereocenters. The highest BCUT2D eigenvalue weighted by molar-refractivity contribution is 6.04. The van der Waals surface area contributed by atoms with Crippen LogP contribution in [-0.4, -0.2) is 15.9 Å². The van der Waals surface area contributed by atoms with Gasteiger partial charge >= 0.3 is 0 Å². The number of amides is 1. The van der Waals surface area contributed by atoms with Gasteiger partial charge in [-0.2, -0.15) is 10.5 Å². The van der Waals surface area contributed by atoms with Crippen LogP contribution in [0, 0.1) is 22.7 Å². The van der Waals surface area contributed by atoms with E-state index >= 15 is 0 Å². The molecule has 1 heterocycles. The molecule has 96 valence electrons. The van der Waals surface area contributed by atoms with Crippen LogP contribution in [0.25, 0.3) is 0 Å². The van der Waals surface area contributed by atoms with E-state index in [1.54, 1.807) is 42.5 Å². The van der Waals surface area contributed by atoms with Crippen molar-refractivity contribution in [2.24, 2.45) is 0 Å². The second kappa shape index (κ2) is 5.46. The number of carbonyl (C=O) groups excluding carboxylic acids is 1. The SMILES string of the molecule is N#Cc1nc(NC(=O)c2ccccc2)c(C#N)nc1N. The van der Waals surface area contributed by atoms with Crippen molar-refractivity contribution in [1.82, 2.24) is 9.97 Å². The van der Waals surface area contributed by atoms with Gasteiger partial charge in [0, 0.05) is 5.56 Å². The fourth-order valence-corrected chi connectivity index (χ4v) is 1.46. The van der Waals surface area contributed by atoms with E-state index in [2.05, 4.69) is 15.3 Å². The molecule has 20 heavy (non-hydrogen) atoms. The molecule has 2 aromatic rings. The molecule has 0 fully saturated rings. The smallest absolute Gasteiger partial charge is 0.256 e. The Labute approximate surface area is 114 Å². The van der Waals surface area contributed by atoms with E-state index in [4.69, 9.17) is 16.3 Å². The van der Waals surface area contributed by atoms with E-state index in [0.29, 0.717) is 5.56 Å². The van der Waals surface area contributed by atoms with Gasteiger partial charge < -0.3 is 11.1 Å².